The van der Waals surface area contributed by atoms with Crippen LogP contribution in [0.1, 0.15) is 51.0 Å². The van der Waals surface area contributed by atoms with Gasteiger partial charge in [-0.2, -0.15) is 0 Å². The number of aryl methyl sites for hydroxylation is 1. The third-order valence-corrected chi connectivity index (χ3v) is 4.82. The molecule has 2 N–H and O–H groups in total. The molecule has 0 saturated carbocycles. The maximum Gasteiger partial charge on any atom is 0.291 e. The second-order valence-electron chi connectivity index (χ2n) is 6.93. The maximum atomic E-state index is 12.8. The lowest BCUT2D eigenvalue weighted by atomic mass is 10.1. The van der Waals surface area contributed by atoms with E-state index in [1.54, 1.807) is 18.4 Å². The van der Waals surface area contributed by atoms with Gasteiger partial charge in [0.2, 0.25) is 0 Å². The molecule has 1 aromatic carbocycles. The largest absolute Gasteiger partial charge is 0.467 e. The molecule has 7 nitrogen and oxygen atoms in total. The Hall–Kier alpha value is -3.35. The summed E-state index contributed by atoms with van der Waals surface area (Å²) in [6.07, 6.45) is 4.23. The number of carbonyl (C=O) groups excluding carboxylic acids is 2. The van der Waals surface area contributed by atoms with Crippen molar-refractivity contribution in [2.24, 2.45) is 0 Å². The van der Waals surface area contributed by atoms with Gasteiger partial charge in [-0.15, -0.1) is 0 Å². The van der Waals surface area contributed by atoms with Crippen molar-refractivity contribution in [3.63, 3.8) is 0 Å². The average Bonchev–Trinajstić information content (AvgIpc) is 3.34. The van der Waals surface area contributed by atoms with E-state index in [-0.39, 0.29) is 24.2 Å². The molecule has 1 aliphatic heterocycles. The minimum Gasteiger partial charge on any atom is -0.467 e. The van der Waals surface area contributed by atoms with Crippen LogP contribution < -0.4 is 10.6 Å². The van der Waals surface area contributed by atoms with Crippen LogP contribution in [-0.4, -0.2) is 21.4 Å². The van der Waals surface area contributed by atoms with Gasteiger partial charge in [-0.3, -0.25) is 9.59 Å². The number of hydrogen-bond donors (Lipinski definition) is 2. The van der Waals surface area contributed by atoms with Crippen LogP contribution in [0.25, 0.3) is 0 Å². The molecule has 7 heteroatoms. The molecule has 2 amide bonds. The second-order valence-corrected chi connectivity index (χ2v) is 6.93. The highest BCUT2D eigenvalue weighted by Gasteiger charge is 2.27. The number of aromatic nitrogens is 2. The number of amides is 2. The van der Waals surface area contributed by atoms with Gasteiger partial charge < -0.3 is 19.6 Å². The summed E-state index contributed by atoms with van der Waals surface area (Å²) in [5, 5.41) is 5.71. The number of imidazole rings is 1. The molecule has 3 aromatic rings. The number of nitrogens with one attached hydrogen (secondary N) is 2. The standard InChI is InChI=1S/C21H22N4O3/c1-14-6-4-7-15(12-14)23-21(27)19-24-18(17-9-2-3-10-25(17)19)20(26)22-13-16-8-5-11-28-16/h4-8,11-12H,2-3,9-10,13H2,1H3,(H,22,26)(H,23,27). The lowest BCUT2D eigenvalue weighted by molar-refractivity contribution is 0.0942. The van der Waals surface area contributed by atoms with E-state index in [1.807, 2.05) is 35.8 Å². The molecule has 0 atom stereocenters. The second kappa shape index (κ2) is 7.72. The number of anilines is 1. The van der Waals surface area contributed by atoms with Crippen LogP contribution in [-0.2, 0) is 19.5 Å². The smallest absolute Gasteiger partial charge is 0.291 e. The first kappa shape index (κ1) is 18.0. The number of carbonyl (C=O) groups is 2. The Bertz CT molecular complexity index is 1000. The van der Waals surface area contributed by atoms with Gasteiger partial charge >= 0.3 is 0 Å². The Balaban J connectivity index is 1.57. The van der Waals surface area contributed by atoms with Crippen LogP contribution in [0.2, 0.25) is 0 Å². The lowest BCUT2D eigenvalue weighted by Gasteiger charge is -2.17. The van der Waals surface area contributed by atoms with E-state index in [0.717, 1.165) is 30.5 Å². The number of furan rings is 1. The average molecular weight is 378 g/mol. The predicted octanol–water partition coefficient (Wildman–Crippen LogP) is 3.30. The van der Waals surface area contributed by atoms with Crippen LogP contribution in [0.5, 0.6) is 0 Å². The van der Waals surface area contributed by atoms with Gasteiger partial charge in [0.1, 0.15) is 11.5 Å². The van der Waals surface area contributed by atoms with Crippen molar-refractivity contribution in [1.29, 1.82) is 0 Å². The zero-order chi connectivity index (χ0) is 19.5. The maximum absolute atomic E-state index is 12.8. The summed E-state index contributed by atoms with van der Waals surface area (Å²) in [6.45, 7) is 2.93. The zero-order valence-corrected chi connectivity index (χ0v) is 15.7. The van der Waals surface area contributed by atoms with E-state index in [2.05, 4.69) is 15.6 Å². The highest BCUT2D eigenvalue weighted by atomic mass is 16.3. The van der Waals surface area contributed by atoms with E-state index in [0.29, 0.717) is 23.7 Å². The van der Waals surface area contributed by atoms with Gasteiger partial charge in [-0.25, -0.2) is 4.98 Å². The van der Waals surface area contributed by atoms with Crippen molar-refractivity contribution in [2.45, 2.75) is 39.3 Å². The molecule has 4 rings (SSSR count). The van der Waals surface area contributed by atoms with E-state index in [1.165, 1.54) is 0 Å². The summed E-state index contributed by atoms with van der Waals surface area (Å²) in [4.78, 5) is 29.9. The quantitative estimate of drug-likeness (QED) is 0.713. The van der Waals surface area contributed by atoms with Crippen molar-refractivity contribution in [3.8, 4) is 0 Å². The molecular formula is C21H22N4O3. The van der Waals surface area contributed by atoms with Gasteiger partial charge in [0.05, 0.1) is 18.5 Å². The fraction of sp³-hybridized carbons (Fsp3) is 0.286. The fourth-order valence-electron chi connectivity index (χ4n) is 3.47. The molecule has 144 valence electrons. The summed E-state index contributed by atoms with van der Waals surface area (Å²) < 4.78 is 7.12. The lowest BCUT2D eigenvalue weighted by Crippen LogP contribution is -2.25. The molecule has 1 aliphatic rings. The van der Waals surface area contributed by atoms with Crippen molar-refractivity contribution in [2.75, 3.05) is 5.32 Å². The molecule has 0 radical (unpaired) electrons. The fourth-order valence-corrected chi connectivity index (χ4v) is 3.47. The van der Waals surface area contributed by atoms with Gasteiger partial charge in [0, 0.05) is 12.2 Å². The highest BCUT2D eigenvalue weighted by molar-refractivity contribution is 6.03. The highest BCUT2D eigenvalue weighted by Crippen LogP contribution is 2.22. The van der Waals surface area contributed by atoms with E-state index >= 15 is 0 Å². The van der Waals surface area contributed by atoms with Gasteiger partial charge in [0.25, 0.3) is 11.8 Å². The summed E-state index contributed by atoms with van der Waals surface area (Å²) >= 11 is 0. The Morgan fingerprint density at radius 2 is 2.07 bits per heavy atom. The molecule has 2 aromatic heterocycles. The van der Waals surface area contributed by atoms with Crippen LogP contribution in [0, 0.1) is 6.92 Å². The first-order valence-corrected chi connectivity index (χ1v) is 9.40. The van der Waals surface area contributed by atoms with Crippen molar-refractivity contribution < 1.29 is 14.0 Å². The summed E-state index contributed by atoms with van der Waals surface area (Å²) in [5.74, 6) is 0.341. The number of rotatable bonds is 5. The normalized spacial score (nSPS) is 13.0. The molecule has 0 fully saturated rings. The van der Waals surface area contributed by atoms with Crippen LogP contribution in [0.15, 0.2) is 47.1 Å². The van der Waals surface area contributed by atoms with Gasteiger partial charge in [0.15, 0.2) is 5.82 Å². The van der Waals surface area contributed by atoms with Crippen molar-refractivity contribution in [3.05, 3.63) is 71.2 Å². The molecule has 0 spiro atoms. The molecule has 0 bridgehead atoms. The van der Waals surface area contributed by atoms with Crippen LogP contribution in [0.3, 0.4) is 0 Å². The van der Waals surface area contributed by atoms with E-state index in [9.17, 15) is 9.59 Å². The monoisotopic (exact) mass is 378 g/mol. The van der Waals surface area contributed by atoms with E-state index in [4.69, 9.17) is 4.42 Å². The molecule has 28 heavy (non-hydrogen) atoms. The first-order valence-electron chi connectivity index (χ1n) is 9.40. The van der Waals surface area contributed by atoms with Crippen LogP contribution in [0.4, 0.5) is 5.69 Å². The minimum atomic E-state index is -0.307. The molecule has 0 unspecified atom stereocenters. The van der Waals surface area contributed by atoms with Crippen molar-refractivity contribution >= 4 is 17.5 Å². The number of hydrogen-bond acceptors (Lipinski definition) is 4. The van der Waals surface area contributed by atoms with Crippen molar-refractivity contribution in [1.82, 2.24) is 14.9 Å². The van der Waals surface area contributed by atoms with Gasteiger partial charge in [-0.1, -0.05) is 12.1 Å². The minimum absolute atomic E-state index is 0.277. The first-order chi connectivity index (χ1) is 13.6. The summed E-state index contributed by atoms with van der Waals surface area (Å²) in [7, 11) is 0. The third-order valence-electron chi connectivity index (χ3n) is 4.82. The molecule has 0 saturated heterocycles. The Labute approximate surface area is 162 Å². The molecular weight excluding hydrogens is 356 g/mol. The predicted molar refractivity (Wildman–Crippen MR) is 104 cm³/mol. The third kappa shape index (κ3) is 3.69. The number of benzene rings is 1. The summed E-state index contributed by atoms with van der Waals surface area (Å²) in [5.41, 5.74) is 2.90. The Kier molecular flexibility index (Phi) is 4.97. The Morgan fingerprint density at radius 3 is 2.86 bits per heavy atom. The topological polar surface area (TPSA) is 89.2 Å². The SMILES string of the molecule is Cc1cccc(NC(=O)c2nc(C(=O)NCc3ccco3)c3n2CCCC3)c1. The number of nitrogens with zero attached hydrogens (tertiary/aromatic N) is 2. The van der Waals surface area contributed by atoms with E-state index < -0.39 is 0 Å². The molecule has 3 heterocycles. The zero-order valence-electron chi connectivity index (χ0n) is 15.7. The summed E-state index contributed by atoms with van der Waals surface area (Å²) in [6, 6.07) is 11.2. The molecule has 0 aliphatic carbocycles. The van der Waals surface area contributed by atoms with Gasteiger partial charge in [-0.05, 0) is 56.0 Å². The Morgan fingerprint density at radius 1 is 1.18 bits per heavy atom. The van der Waals surface area contributed by atoms with Crippen LogP contribution >= 0.6 is 0 Å². The number of fused-ring (bicyclic) bond motifs is 1.